The first-order valence-electron chi connectivity index (χ1n) is 37.3. The minimum Gasteiger partial charge on any atom is -0.508 e. The molecule has 4 aromatic rings. The van der Waals surface area contributed by atoms with Gasteiger partial charge in [-0.05, 0) is 128 Å². The number of ether oxygens (including phenoxy) is 3. The Morgan fingerprint density at radius 2 is 1.39 bits per heavy atom. The summed E-state index contributed by atoms with van der Waals surface area (Å²) in [4.78, 5) is 137. The Hall–Kier alpha value is -10.1. The number of rotatable bonds is 46. The van der Waals surface area contributed by atoms with Crippen LogP contribution in [0.15, 0.2) is 81.2 Å². The van der Waals surface area contributed by atoms with E-state index in [9.17, 15) is 62.7 Å². The molecule has 0 saturated carbocycles. The van der Waals surface area contributed by atoms with Crippen molar-refractivity contribution in [3.63, 3.8) is 0 Å². The number of aromatic nitrogens is 6. The second-order valence-corrected chi connectivity index (χ2v) is 30.0. The summed E-state index contributed by atoms with van der Waals surface area (Å²) < 4.78 is 40.9. The van der Waals surface area contributed by atoms with Crippen LogP contribution in [0.1, 0.15) is 172 Å². The van der Waals surface area contributed by atoms with E-state index in [0.29, 0.717) is 175 Å². The van der Waals surface area contributed by atoms with Crippen LogP contribution < -0.4 is 31.0 Å². The number of amides is 3. The number of Topliss-reactive ketones (excluding diaryl/α,β-unsaturated/α-hetero) is 5. The molecular weight excluding hydrogens is 1440 g/mol. The molecule has 1 aliphatic carbocycles. The summed E-state index contributed by atoms with van der Waals surface area (Å²) in [5, 5.41) is 33.9. The lowest BCUT2D eigenvalue weighted by molar-refractivity contribution is -0.130. The molecule has 2 aliphatic heterocycles. The van der Waals surface area contributed by atoms with Crippen LogP contribution in [-0.2, 0) is 60.6 Å². The Balaban J connectivity index is 0.000000473. The van der Waals surface area contributed by atoms with Gasteiger partial charge in [-0.1, -0.05) is 67.6 Å². The summed E-state index contributed by atoms with van der Waals surface area (Å²) in [5.74, 6) is 0.0531. The SMILES string of the molecule is CC(=O)CCN=[N+]=[N-].CC(=O)CCn1cc(CCC(=O)CCCCCNC(=O)OCCCN(C)C(=O)CCCCC(=O)CCCOCCOc2nc(N(C)CC(N)=O)nc(N3CCN(P(C)(=O)N(C)C)CC3)n2)nn1.CCCCCCCC(C)=O.O=C(O)c1ccccc1-c1c2ccc(=O)cc-2oc2cc(O)ccc12. The second kappa shape index (κ2) is 50.6. The average Bonchev–Trinajstić information content (AvgIpc) is 0.761. The summed E-state index contributed by atoms with van der Waals surface area (Å²) in [5.41, 5.74) is 16.0. The largest absolute Gasteiger partial charge is 0.508 e. The number of unbranched alkanes of at least 4 members (excludes halogenated alkanes) is 7. The number of nitrogens with one attached hydrogen (secondary N) is 1. The van der Waals surface area contributed by atoms with E-state index in [-0.39, 0.29) is 90.7 Å². The number of aromatic hydroxyl groups is 1. The number of phenols is 1. The number of azide groups is 1. The third-order valence-electron chi connectivity index (χ3n) is 17.4. The summed E-state index contributed by atoms with van der Waals surface area (Å²) in [6, 6.07) is 15.7. The van der Waals surface area contributed by atoms with E-state index in [4.69, 9.17) is 29.9 Å². The number of benzene rings is 3. The number of alkyl carbamates (subject to hydrolysis) is 1. The quantitative estimate of drug-likeness (QED) is 0.00688. The van der Waals surface area contributed by atoms with Crippen LogP contribution in [0, 0.1) is 0 Å². The maximum absolute atomic E-state index is 13.1. The van der Waals surface area contributed by atoms with Crippen molar-refractivity contribution in [1.82, 2.24) is 49.5 Å². The van der Waals surface area contributed by atoms with Crippen LogP contribution in [0.3, 0.4) is 0 Å². The summed E-state index contributed by atoms with van der Waals surface area (Å²) in [6.07, 6.45) is 15.9. The normalized spacial score (nSPS) is 12.4. The number of aromatic carboxylic acids is 1. The molecule has 7 rings (SSSR count). The van der Waals surface area contributed by atoms with E-state index >= 15 is 0 Å². The Morgan fingerprint density at radius 3 is 2.07 bits per heavy atom. The predicted octanol–water partition coefficient (Wildman–Crippen LogP) is 10.7. The number of aryl methyl sites for hydroxylation is 2. The van der Waals surface area contributed by atoms with Gasteiger partial charge in [-0.3, -0.25) is 38.0 Å². The number of carboxylic acids is 1. The predicted molar refractivity (Wildman–Crippen MR) is 418 cm³/mol. The number of nitrogens with zero attached hydrogens (tertiary/aromatic N) is 14. The van der Waals surface area contributed by atoms with Crippen molar-refractivity contribution in [3.8, 4) is 34.2 Å². The van der Waals surface area contributed by atoms with E-state index in [1.165, 1.54) is 74.8 Å². The molecule has 34 heteroatoms. The maximum Gasteiger partial charge on any atom is 0.407 e. The molecule has 0 radical (unpaired) electrons. The number of primary amides is 1. The highest BCUT2D eigenvalue weighted by Gasteiger charge is 2.32. The minimum absolute atomic E-state index is 0.0198. The fourth-order valence-electron chi connectivity index (χ4n) is 11.1. The zero-order valence-electron chi connectivity index (χ0n) is 65.2. The van der Waals surface area contributed by atoms with Crippen molar-refractivity contribution in [3.05, 3.63) is 98.8 Å². The molecule has 2 aromatic carbocycles. The first kappa shape index (κ1) is 92.3. The number of carbonyl (C=O) groups excluding carboxylic acids is 8. The van der Waals surface area contributed by atoms with Gasteiger partial charge >= 0.3 is 18.1 Å². The third kappa shape index (κ3) is 35.5. The molecule has 1 atom stereocenters. The molecule has 1 fully saturated rings. The van der Waals surface area contributed by atoms with E-state index in [2.05, 4.69) is 47.5 Å². The number of carbonyl (C=O) groups is 9. The van der Waals surface area contributed by atoms with Gasteiger partial charge in [-0.15, -0.1) is 5.10 Å². The highest BCUT2D eigenvalue weighted by molar-refractivity contribution is 7.58. The van der Waals surface area contributed by atoms with E-state index in [1.807, 2.05) is 9.57 Å². The Labute approximate surface area is 642 Å². The highest BCUT2D eigenvalue weighted by atomic mass is 31.2. The van der Waals surface area contributed by atoms with Gasteiger partial charge in [-0.2, -0.15) is 15.0 Å². The standard InChI is InChI=1S/C43H74N13O10P.C20H12O5.C9H18O.C4H7N3O/c1-34(57)20-23-55-32-35(49-50-55)18-19-37(59)14-8-7-11-21-45-43(62)66-29-13-22-52(4)39(61)17-10-9-15-36(58)16-12-28-64-30-31-65-42-47-40(53(5)33-38(44)60)46-41(48-42)54-24-26-56(27-25-54)67(6,63)51(2)3;21-11-5-7-15-17(9-11)25-18-10-12(22)6-8-16(18)19(15)13-3-1-2-4-14(13)20(23)24;1-3-4-5-6-7-8-9(2)10;1-4(8)2-3-6-7-5/h32H,7-31,33H2,1-6H3,(H2,44,60)(H,45,62);1-10,21H,(H,23,24);3-8H2,1-2H3;2-3H2,1H3. The molecule has 2 aromatic heterocycles. The molecule has 33 nitrogen and oxygen atoms in total. The van der Waals surface area contributed by atoms with Crippen LogP contribution >= 0.6 is 7.44 Å². The second-order valence-electron chi connectivity index (χ2n) is 26.9. The molecule has 3 amide bonds. The zero-order valence-corrected chi connectivity index (χ0v) is 66.1. The van der Waals surface area contributed by atoms with Gasteiger partial charge in [0, 0.05) is 171 Å². The van der Waals surface area contributed by atoms with Crippen molar-refractivity contribution in [2.75, 3.05) is 123 Å². The molecule has 0 bridgehead atoms. The van der Waals surface area contributed by atoms with Gasteiger partial charge in [0.2, 0.25) is 31.2 Å². The lowest BCUT2D eigenvalue weighted by atomic mass is 9.91. The molecule has 1 unspecified atom stereocenters. The van der Waals surface area contributed by atoms with Crippen molar-refractivity contribution >= 4 is 83.1 Å². The number of ketones is 5. The summed E-state index contributed by atoms with van der Waals surface area (Å²) in [7, 11) is 4.33. The molecule has 0 spiro atoms. The van der Waals surface area contributed by atoms with Gasteiger partial charge in [-0.25, -0.2) is 18.9 Å². The Kier molecular flexibility index (Phi) is 42.5. The van der Waals surface area contributed by atoms with Crippen molar-refractivity contribution < 1.29 is 76.6 Å². The number of piperazine rings is 1. The summed E-state index contributed by atoms with van der Waals surface area (Å²) in [6.45, 7) is 13.2. The number of carboxylic acid groups (broad SMARTS) is 1. The average molecular weight is 1550 g/mol. The Bertz CT molecular complexity index is 4060. The number of likely N-dealkylation sites (N-methyl/N-ethyl adjacent to an activating group) is 1. The first-order chi connectivity index (χ1) is 52.5. The van der Waals surface area contributed by atoms with Crippen molar-refractivity contribution in [1.29, 1.82) is 0 Å². The number of fused-ring (bicyclic) bond motifs is 2. The lowest BCUT2D eigenvalue weighted by Crippen LogP contribution is -2.47. The highest BCUT2D eigenvalue weighted by Crippen LogP contribution is 2.48. The Morgan fingerprint density at radius 1 is 0.727 bits per heavy atom. The van der Waals surface area contributed by atoms with Crippen LogP contribution in [0.5, 0.6) is 11.8 Å². The number of anilines is 2. The summed E-state index contributed by atoms with van der Waals surface area (Å²) >= 11 is 0. The fourth-order valence-corrected chi connectivity index (χ4v) is 12.5. The lowest BCUT2D eigenvalue weighted by Gasteiger charge is -2.39. The molecular formula is C76H111N16O17P. The smallest absolute Gasteiger partial charge is 0.407 e. The molecule has 4 heterocycles. The van der Waals surface area contributed by atoms with E-state index in [1.54, 1.807) is 92.6 Å². The zero-order chi connectivity index (χ0) is 81.0. The molecule has 602 valence electrons. The van der Waals surface area contributed by atoms with Gasteiger partial charge in [0.1, 0.15) is 52.6 Å². The van der Waals surface area contributed by atoms with Crippen molar-refractivity contribution in [2.24, 2.45) is 10.8 Å². The van der Waals surface area contributed by atoms with Gasteiger partial charge in [0.05, 0.1) is 31.0 Å². The topological polar surface area (TPSA) is 441 Å². The van der Waals surface area contributed by atoms with Gasteiger partial charge < -0.3 is 64.2 Å². The monoisotopic (exact) mass is 1550 g/mol. The van der Waals surface area contributed by atoms with Gasteiger partial charge in [0.25, 0.3) is 0 Å². The van der Waals surface area contributed by atoms with Crippen LogP contribution in [0.25, 0.3) is 43.9 Å². The number of hydrogen-bond acceptors (Lipinski definition) is 24. The number of phenolic OH excluding ortho intramolecular Hbond substituents is 1. The molecule has 5 N–H and O–H groups in total. The molecule has 110 heavy (non-hydrogen) atoms. The third-order valence-corrected chi connectivity index (χ3v) is 20.4. The van der Waals surface area contributed by atoms with E-state index in [0.717, 1.165) is 37.8 Å². The van der Waals surface area contributed by atoms with Crippen molar-refractivity contribution in [2.45, 2.75) is 169 Å². The van der Waals surface area contributed by atoms with Gasteiger partial charge in [0.15, 0.2) is 5.43 Å². The fraction of sp³-hybridized carbons (Fsp3) is 0.566. The first-order valence-corrected chi connectivity index (χ1v) is 39.4. The van der Waals surface area contributed by atoms with Crippen LogP contribution in [-0.4, -0.2) is 221 Å². The number of nitrogens with two attached hydrogens (primary N) is 1. The minimum atomic E-state index is -2.63. The van der Waals surface area contributed by atoms with Crippen LogP contribution in [0.4, 0.5) is 16.7 Å². The number of hydrogen-bond donors (Lipinski definition) is 4. The maximum atomic E-state index is 13.1. The molecule has 3 aliphatic rings. The van der Waals surface area contributed by atoms with Crippen LogP contribution in [0.2, 0.25) is 0 Å². The van der Waals surface area contributed by atoms with E-state index < -0.39 is 25.4 Å². The molecule has 1 saturated heterocycles.